The minimum Gasteiger partial charge on any atom is -0.465 e. The molecule has 1 aromatic heterocycles. The summed E-state index contributed by atoms with van der Waals surface area (Å²) in [5.74, 6) is 0.432. The van der Waals surface area contributed by atoms with Crippen LogP contribution in [0, 0.1) is 6.92 Å². The lowest BCUT2D eigenvalue weighted by molar-refractivity contribution is -0.113. The average Bonchev–Trinajstić information content (AvgIpc) is 3.35. The summed E-state index contributed by atoms with van der Waals surface area (Å²) in [5.41, 5.74) is 3.34. The molecule has 0 bridgehead atoms. The highest BCUT2D eigenvalue weighted by Crippen LogP contribution is 2.32. The molecule has 2 aromatic carbocycles. The summed E-state index contributed by atoms with van der Waals surface area (Å²) in [7, 11) is 1.33. The number of carbonyl (C=O) groups excluding carboxylic acids is 2. The van der Waals surface area contributed by atoms with Gasteiger partial charge >= 0.3 is 5.97 Å². The minimum absolute atomic E-state index is 0.156. The number of hydrogen-bond acceptors (Lipinski definition) is 7. The quantitative estimate of drug-likeness (QED) is 0.481. The third kappa shape index (κ3) is 4.16. The van der Waals surface area contributed by atoms with Gasteiger partial charge in [-0.15, -0.1) is 10.2 Å². The Hall–Kier alpha value is -3.33. The second-order valence-corrected chi connectivity index (χ2v) is 7.77. The van der Waals surface area contributed by atoms with Gasteiger partial charge < -0.3 is 15.0 Å². The van der Waals surface area contributed by atoms with E-state index in [1.54, 1.807) is 24.3 Å². The highest BCUT2D eigenvalue weighted by Gasteiger charge is 2.26. The fraction of sp³-hybridized carbons (Fsp3) is 0.238. The van der Waals surface area contributed by atoms with E-state index in [2.05, 4.69) is 56.3 Å². The number of nitrogens with zero attached hydrogens (tertiary/aromatic N) is 4. The molecule has 1 aliphatic rings. The Bertz CT molecular complexity index is 1060. The Morgan fingerprint density at radius 3 is 2.50 bits per heavy atom. The van der Waals surface area contributed by atoms with Gasteiger partial charge in [-0.3, -0.25) is 9.36 Å². The zero-order chi connectivity index (χ0) is 21.1. The maximum Gasteiger partial charge on any atom is 0.337 e. The molecule has 1 N–H and O–H groups in total. The van der Waals surface area contributed by atoms with E-state index < -0.39 is 5.97 Å². The number of fused-ring (bicyclic) bond motifs is 1. The van der Waals surface area contributed by atoms with Crippen LogP contribution < -0.4 is 10.2 Å². The summed E-state index contributed by atoms with van der Waals surface area (Å²) in [6.07, 6.45) is 0. The highest BCUT2D eigenvalue weighted by atomic mass is 32.2. The Morgan fingerprint density at radius 2 is 1.80 bits per heavy atom. The number of rotatable bonds is 6. The van der Waals surface area contributed by atoms with Gasteiger partial charge in [0.05, 0.1) is 18.4 Å². The first-order valence-electron chi connectivity index (χ1n) is 9.43. The number of benzene rings is 2. The number of methoxy groups -OCH3 is 1. The zero-order valence-electron chi connectivity index (χ0n) is 16.7. The van der Waals surface area contributed by atoms with Crippen molar-refractivity contribution >= 4 is 41.0 Å². The van der Waals surface area contributed by atoms with Crippen LogP contribution >= 0.6 is 11.8 Å². The van der Waals surface area contributed by atoms with E-state index in [0.717, 1.165) is 29.9 Å². The summed E-state index contributed by atoms with van der Waals surface area (Å²) in [6.45, 7) is 3.65. The van der Waals surface area contributed by atoms with Crippen LogP contribution in [0.15, 0.2) is 53.7 Å². The van der Waals surface area contributed by atoms with Crippen LogP contribution in [-0.2, 0) is 16.1 Å². The molecule has 0 saturated carbocycles. The molecule has 0 spiro atoms. The maximum absolute atomic E-state index is 12.3. The van der Waals surface area contributed by atoms with Crippen molar-refractivity contribution in [2.75, 3.05) is 29.6 Å². The number of aryl methyl sites for hydroxylation is 1. The van der Waals surface area contributed by atoms with Gasteiger partial charge in [-0.25, -0.2) is 4.79 Å². The third-order valence-corrected chi connectivity index (χ3v) is 5.72. The van der Waals surface area contributed by atoms with E-state index in [9.17, 15) is 9.59 Å². The smallest absolute Gasteiger partial charge is 0.337 e. The summed E-state index contributed by atoms with van der Waals surface area (Å²) >= 11 is 1.35. The number of esters is 1. The highest BCUT2D eigenvalue weighted by molar-refractivity contribution is 7.99. The number of thioether (sulfide) groups is 1. The predicted molar refractivity (Wildman–Crippen MR) is 115 cm³/mol. The molecule has 3 aromatic rings. The standard InChI is InChI=1S/C21H21N5O3S/c1-14-3-9-17(10-4-14)25-11-12-26-20(25)23-24-21(26)30-13-18(27)22-16-7-5-15(6-8-16)19(28)29-2/h3-10H,11-13H2,1-2H3,(H,22,27). The second-order valence-electron chi connectivity index (χ2n) is 6.83. The molecule has 9 heteroatoms. The first-order chi connectivity index (χ1) is 14.5. The van der Waals surface area contributed by atoms with E-state index in [4.69, 9.17) is 0 Å². The Morgan fingerprint density at radius 1 is 1.07 bits per heavy atom. The fourth-order valence-electron chi connectivity index (χ4n) is 3.19. The van der Waals surface area contributed by atoms with Crippen LogP contribution in [-0.4, -0.2) is 46.0 Å². The summed E-state index contributed by atoms with van der Waals surface area (Å²) in [5, 5.41) is 12.1. The maximum atomic E-state index is 12.3. The number of aromatic nitrogens is 3. The molecule has 0 aliphatic carbocycles. The van der Waals surface area contributed by atoms with Crippen molar-refractivity contribution in [2.24, 2.45) is 0 Å². The normalized spacial score (nSPS) is 12.5. The molecule has 0 fully saturated rings. The van der Waals surface area contributed by atoms with E-state index in [0.29, 0.717) is 11.3 Å². The number of nitrogens with one attached hydrogen (secondary N) is 1. The molecule has 4 rings (SSSR count). The van der Waals surface area contributed by atoms with Gasteiger partial charge in [0.25, 0.3) is 0 Å². The van der Waals surface area contributed by atoms with Crippen molar-refractivity contribution < 1.29 is 14.3 Å². The SMILES string of the molecule is COC(=O)c1ccc(NC(=O)CSc2nnc3n2CCN3c2ccc(C)cc2)cc1. The molecule has 0 saturated heterocycles. The van der Waals surface area contributed by atoms with Gasteiger partial charge in [-0.1, -0.05) is 29.5 Å². The molecule has 2 heterocycles. The van der Waals surface area contributed by atoms with Gasteiger partial charge in [-0.05, 0) is 43.3 Å². The molecule has 8 nitrogen and oxygen atoms in total. The molecule has 30 heavy (non-hydrogen) atoms. The second kappa shape index (κ2) is 8.58. The number of anilines is 3. The first kappa shape index (κ1) is 20.0. The number of amides is 1. The zero-order valence-corrected chi connectivity index (χ0v) is 17.5. The van der Waals surface area contributed by atoms with Crippen LogP contribution in [0.5, 0.6) is 0 Å². The van der Waals surface area contributed by atoms with Crippen molar-refractivity contribution in [3.05, 3.63) is 59.7 Å². The predicted octanol–water partition coefficient (Wildman–Crippen LogP) is 3.26. The van der Waals surface area contributed by atoms with Gasteiger partial charge in [-0.2, -0.15) is 0 Å². The summed E-state index contributed by atoms with van der Waals surface area (Å²) in [4.78, 5) is 25.9. The van der Waals surface area contributed by atoms with Gasteiger partial charge in [0.1, 0.15) is 0 Å². The molecular formula is C21H21N5O3S. The topological polar surface area (TPSA) is 89.3 Å². The number of carbonyl (C=O) groups is 2. The lowest BCUT2D eigenvalue weighted by Gasteiger charge is -2.15. The Labute approximate surface area is 178 Å². The summed E-state index contributed by atoms with van der Waals surface area (Å²) in [6, 6.07) is 14.9. The van der Waals surface area contributed by atoms with Crippen molar-refractivity contribution in [1.29, 1.82) is 0 Å². The van der Waals surface area contributed by atoms with Crippen LogP contribution in [0.4, 0.5) is 17.3 Å². The monoisotopic (exact) mass is 423 g/mol. The van der Waals surface area contributed by atoms with E-state index in [-0.39, 0.29) is 11.7 Å². The number of ether oxygens (including phenoxy) is 1. The van der Waals surface area contributed by atoms with Crippen LogP contribution in [0.3, 0.4) is 0 Å². The third-order valence-electron chi connectivity index (χ3n) is 4.75. The van der Waals surface area contributed by atoms with Crippen molar-refractivity contribution in [1.82, 2.24) is 14.8 Å². The van der Waals surface area contributed by atoms with Gasteiger partial charge in [0.2, 0.25) is 11.9 Å². The fourth-order valence-corrected chi connectivity index (χ4v) is 3.95. The first-order valence-corrected chi connectivity index (χ1v) is 10.4. The van der Waals surface area contributed by atoms with Crippen molar-refractivity contribution in [3.63, 3.8) is 0 Å². The summed E-state index contributed by atoms with van der Waals surface area (Å²) < 4.78 is 6.70. The van der Waals surface area contributed by atoms with Crippen LogP contribution in [0.25, 0.3) is 0 Å². The molecular weight excluding hydrogens is 402 g/mol. The van der Waals surface area contributed by atoms with Gasteiger partial charge in [0.15, 0.2) is 5.16 Å². The Balaban J connectivity index is 1.36. The molecule has 0 radical (unpaired) electrons. The Kier molecular flexibility index (Phi) is 5.71. The van der Waals surface area contributed by atoms with Gasteiger partial charge in [0, 0.05) is 24.5 Å². The molecule has 1 aliphatic heterocycles. The lowest BCUT2D eigenvalue weighted by Crippen LogP contribution is -2.15. The molecule has 0 atom stereocenters. The largest absolute Gasteiger partial charge is 0.465 e. The van der Waals surface area contributed by atoms with Crippen LogP contribution in [0.1, 0.15) is 15.9 Å². The molecule has 154 valence electrons. The molecule has 0 unspecified atom stereocenters. The van der Waals surface area contributed by atoms with E-state index >= 15 is 0 Å². The lowest BCUT2D eigenvalue weighted by atomic mass is 10.2. The van der Waals surface area contributed by atoms with Crippen molar-refractivity contribution in [3.8, 4) is 0 Å². The van der Waals surface area contributed by atoms with Crippen molar-refractivity contribution in [2.45, 2.75) is 18.6 Å². The minimum atomic E-state index is -0.413. The average molecular weight is 423 g/mol. The van der Waals surface area contributed by atoms with E-state index in [1.807, 2.05) is 4.57 Å². The van der Waals surface area contributed by atoms with E-state index in [1.165, 1.54) is 24.4 Å². The number of hydrogen-bond donors (Lipinski definition) is 1. The van der Waals surface area contributed by atoms with Crippen LogP contribution in [0.2, 0.25) is 0 Å². The molecule has 1 amide bonds.